The molecule has 0 saturated heterocycles. The number of benzene rings is 1. The summed E-state index contributed by atoms with van der Waals surface area (Å²) in [5.41, 5.74) is 5.48. The molecule has 9 heteroatoms. The van der Waals surface area contributed by atoms with Gasteiger partial charge in [-0.05, 0) is 85.9 Å². The van der Waals surface area contributed by atoms with Gasteiger partial charge >= 0.3 is 5.82 Å². The number of fused-ring (bicyclic) bond motifs is 1. The number of nitroso groups, excluding NO2 is 1. The maximum atomic E-state index is 12.8. The van der Waals surface area contributed by atoms with Crippen LogP contribution < -0.4 is 5.32 Å². The third-order valence-electron chi connectivity index (χ3n) is 6.01. The van der Waals surface area contributed by atoms with Crippen LogP contribution >= 0.6 is 0 Å². The number of hydrogen-bond acceptors (Lipinski definition) is 7. The van der Waals surface area contributed by atoms with Gasteiger partial charge in [0.05, 0.1) is 17.0 Å². The van der Waals surface area contributed by atoms with Crippen LogP contribution in [-0.4, -0.2) is 48.9 Å². The standard InChI is InChI=1S/C28H26N7O2/c1-18(29-4)17-35(36)26-15-13-23(27-19(2)30-25-7-5-6-16-34(25)27)24(32-26)14-10-21-8-11-22(12-9-21)28-31-20(3)33-37-28/h5-9,11-13,15-16,18,29H,17H2,1-4H3/q+1. The van der Waals surface area contributed by atoms with E-state index < -0.39 is 0 Å². The van der Waals surface area contributed by atoms with Gasteiger partial charge in [0.2, 0.25) is 5.69 Å². The van der Waals surface area contributed by atoms with Crippen LogP contribution in [0.1, 0.15) is 29.7 Å². The van der Waals surface area contributed by atoms with Crippen molar-refractivity contribution in [3.8, 4) is 34.6 Å². The number of imidazole rings is 1. The summed E-state index contributed by atoms with van der Waals surface area (Å²) in [6.45, 7) is 5.95. The smallest absolute Gasteiger partial charge is 0.334 e. The van der Waals surface area contributed by atoms with Crippen molar-refractivity contribution < 1.29 is 9.28 Å². The molecule has 0 aliphatic heterocycles. The summed E-state index contributed by atoms with van der Waals surface area (Å²) in [4.78, 5) is 26.4. The van der Waals surface area contributed by atoms with E-state index in [9.17, 15) is 4.91 Å². The van der Waals surface area contributed by atoms with E-state index in [2.05, 4.69) is 37.3 Å². The van der Waals surface area contributed by atoms with Gasteiger partial charge in [-0.3, -0.25) is 4.40 Å². The monoisotopic (exact) mass is 492 g/mol. The van der Waals surface area contributed by atoms with E-state index in [1.54, 1.807) is 13.0 Å². The van der Waals surface area contributed by atoms with E-state index in [1.165, 1.54) is 0 Å². The Morgan fingerprint density at radius 3 is 2.57 bits per heavy atom. The third kappa shape index (κ3) is 5.01. The lowest BCUT2D eigenvalue weighted by atomic mass is 10.1. The molecular weight excluding hydrogens is 466 g/mol. The summed E-state index contributed by atoms with van der Waals surface area (Å²) in [5.74, 6) is 7.74. The first-order chi connectivity index (χ1) is 17.9. The van der Waals surface area contributed by atoms with Crippen LogP contribution in [0.15, 0.2) is 65.3 Å². The highest BCUT2D eigenvalue weighted by atomic mass is 16.5. The van der Waals surface area contributed by atoms with Crippen LogP contribution in [-0.2, 0) is 0 Å². The molecule has 0 radical (unpaired) electrons. The average molecular weight is 493 g/mol. The molecule has 37 heavy (non-hydrogen) atoms. The first-order valence-electron chi connectivity index (χ1n) is 11.9. The zero-order chi connectivity index (χ0) is 25.9. The van der Waals surface area contributed by atoms with E-state index in [4.69, 9.17) is 4.52 Å². The lowest BCUT2D eigenvalue weighted by Crippen LogP contribution is -2.29. The van der Waals surface area contributed by atoms with E-state index in [0.717, 1.165) is 38.5 Å². The van der Waals surface area contributed by atoms with Gasteiger partial charge in [-0.25, -0.2) is 4.98 Å². The molecule has 0 fully saturated rings. The lowest BCUT2D eigenvalue weighted by molar-refractivity contribution is -0.470. The van der Waals surface area contributed by atoms with Crippen molar-refractivity contribution >= 4 is 11.5 Å². The zero-order valence-corrected chi connectivity index (χ0v) is 21.1. The molecule has 9 nitrogen and oxygen atoms in total. The summed E-state index contributed by atoms with van der Waals surface area (Å²) in [7, 11) is 1.82. The fourth-order valence-electron chi connectivity index (χ4n) is 3.99. The normalized spacial score (nSPS) is 11.8. The van der Waals surface area contributed by atoms with Crippen molar-refractivity contribution in [2.24, 2.45) is 0 Å². The molecule has 0 spiro atoms. The van der Waals surface area contributed by atoms with E-state index in [1.807, 2.05) is 80.0 Å². The molecule has 4 aromatic heterocycles. The predicted molar refractivity (Wildman–Crippen MR) is 140 cm³/mol. The van der Waals surface area contributed by atoms with Gasteiger partial charge in [-0.15, -0.1) is 0 Å². The quantitative estimate of drug-likeness (QED) is 0.275. The Morgan fingerprint density at radius 1 is 1.03 bits per heavy atom. The van der Waals surface area contributed by atoms with Crippen LogP contribution in [0.3, 0.4) is 0 Å². The Morgan fingerprint density at radius 2 is 1.84 bits per heavy atom. The Balaban J connectivity index is 1.57. The maximum Gasteiger partial charge on any atom is 0.362 e. The Hall–Kier alpha value is -4.68. The lowest BCUT2D eigenvalue weighted by Gasteiger charge is -2.06. The summed E-state index contributed by atoms with van der Waals surface area (Å²) in [6, 6.07) is 17.0. The van der Waals surface area contributed by atoms with Crippen molar-refractivity contribution in [3.63, 3.8) is 0 Å². The van der Waals surface area contributed by atoms with Crippen molar-refractivity contribution in [3.05, 3.63) is 88.5 Å². The minimum Gasteiger partial charge on any atom is -0.334 e. The Labute approximate surface area is 214 Å². The van der Waals surface area contributed by atoms with Gasteiger partial charge in [-0.1, -0.05) is 22.1 Å². The van der Waals surface area contributed by atoms with E-state index in [-0.39, 0.29) is 12.6 Å². The fraction of sp³-hybridized carbons (Fsp3) is 0.214. The molecule has 184 valence electrons. The molecule has 1 N–H and O–H groups in total. The van der Waals surface area contributed by atoms with Crippen LogP contribution in [0.5, 0.6) is 0 Å². The van der Waals surface area contributed by atoms with Gasteiger partial charge in [-0.2, -0.15) is 4.98 Å². The Bertz CT molecular complexity index is 1660. The van der Waals surface area contributed by atoms with Crippen molar-refractivity contribution in [2.45, 2.75) is 26.8 Å². The molecule has 1 atom stereocenters. The molecule has 5 rings (SSSR count). The second kappa shape index (κ2) is 10.1. The molecule has 0 aliphatic carbocycles. The minimum absolute atomic E-state index is 0.00989. The number of aryl methyl sites for hydroxylation is 2. The maximum absolute atomic E-state index is 12.8. The summed E-state index contributed by atoms with van der Waals surface area (Å²) in [6.07, 6.45) is 1.96. The molecule has 0 saturated carbocycles. The van der Waals surface area contributed by atoms with Gasteiger partial charge < -0.3 is 9.84 Å². The fourth-order valence-corrected chi connectivity index (χ4v) is 3.99. The summed E-state index contributed by atoms with van der Waals surface area (Å²) >= 11 is 0. The highest BCUT2D eigenvalue weighted by Gasteiger charge is 2.23. The molecule has 4 heterocycles. The predicted octanol–water partition coefficient (Wildman–Crippen LogP) is 4.48. The van der Waals surface area contributed by atoms with Crippen LogP contribution in [0.4, 0.5) is 5.82 Å². The first-order valence-corrected chi connectivity index (χ1v) is 11.9. The largest absolute Gasteiger partial charge is 0.362 e. The van der Waals surface area contributed by atoms with Crippen molar-refractivity contribution in [2.75, 3.05) is 13.6 Å². The zero-order valence-electron chi connectivity index (χ0n) is 21.1. The number of nitrogens with zero attached hydrogens (tertiary/aromatic N) is 6. The van der Waals surface area contributed by atoms with Gasteiger partial charge in [0, 0.05) is 29.4 Å². The molecule has 0 bridgehead atoms. The van der Waals surface area contributed by atoms with E-state index >= 15 is 0 Å². The molecule has 1 aromatic carbocycles. The number of pyridine rings is 2. The first kappa shape index (κ1) is 24.0. The van der Waals surface area contributed by atoms with Crippen molar-refractivity contribution in [1.29, 1.82) is 0 Å². The molecule has 0 amide bonds. The highest BCUT2D eigenvalue weighted by Crippen LogP contribution is 2.29. The number of nitrogens with one attached hydrogen (secondary N) is 1. The molecular formula is C28H26N7O2+. The van der Waals surface area contributed by atoms with Crippen LogP contribution in [0.25, 0.3) is 28.4 Å². The molecule has 1 unspecified atom stereocenters. The highest BCUT2D eigenvalue weighted by molar-refractivity contribution is 5.73. The SMILES string of the molecule is CNC(C)C[N+](=O)c1ccc(-c2c(C)nc3ccccn23)c(C#Cc2ccc(-c3nc(C)no3)cc2)n1. The van der Waals surface area contributed by atoms with Crippen LogP contribution in [0.2, 0.25) is 0 Å². The minimum atomic E-state index is 0.00989. The van der Waals surface area contributed by atoms with Gasteiger partial charge in [0.25, 0.3) is 5.89 Å². The number of rotatable bonds is 6. The number of aromatic nitrogens is 5. The topological polar surface area (TPSA) is 101 Å². The average Bonchev–Trinajstić information content (AvgIpc) is 3.49. The second-order valence-electron chi connectivity index (χ2n) is 8.77. The van der Waals surface area contributed by atoms with Gasteiger partial charge in [0.15, 0.2) is 5.82 Å². The Kier molecular flexibility index (Phi) is 6.58. The summed E-state index contributed by atoms with van der Waals surface area (Å²) in [5, 5.41) is 6.92. The number of likely N-dealkylation sites (N-methyl/N-ethyl adjacent to an activating group) is 1. The van der Waals surface area contributed by atoms with Gasteiger partial charge in [0.1, 0.15) is 12.2 Å². The molecule has 5 aromatic rings. The van der Waals surface area contributed by atoms with Crippen molar-refractivity contribution in [1.82, 2.24) is 29.8 Å². The third-order valence-corrected chi connectivity index (χ3v) is 6.01. The van der Waals surface area contributed by atoms with E-state index in [0.29, 0.717) is 23.2 Å². The summed E-state index contributed by atoms with van der Waals surface area (Å²) < 4.78 is 8.14. The molecule has 0 aliphatic rings. The van der Waals surface area contributed by atoms with Crippen LogP contribution in [0, 0.1) is 30.6 Å². The number of hydrogen-bond donors (Lipinski definition) is 1. The second-order valence-corrected chi connectivity index (χ2v) is 8.77.